The maximum Gasteiger partial charge on any atom is 0.0998 e. The van der Waals surface area contributed by atoms with E-state index in [0.29, 0.717) is 5.56 Å². The van der Waals surface area contributed by atoms with Gasteiger partial charge in [-0.3, -0.25) is 5.43 Å². The summed E-state index contributed by atoms with van der Waals surface area (Å²) in [7, 11) is 0. The van der Waals surface area contributed by atoms with E-state index in [2.05, 4.69) is 32.5 Å². The molecule has 0 aliphatic carbocycles. The van der Waals surface area contributed by atoms with Crippen LogP contribution in [-0.2, 0) is 0 Å². The molecular formula is C14H10BrN3. The molecule has 2 rings (SSSR count). The quantitative estimate of drug-likeness (QED) is 0.693. The third kappa shape index (κ3) is 3.19. The first-order valence-corrected chi connectivity index (χ1v) is 6.12. The van der Waals surface area contributed by atoms with E-state index in [-0.39, 0.29) is 0 Å². The highest BCUT2D eigenvalue weighted by molar-refractivity contribution is 9.10. The van der Waals surface area contributed by atoms with Crippen LogP contribution in [0.1, 0.15) is 11.1 Å². The van der Waals surface area contributed by atoms with Gasteiger partial charge in [-0.2, -0.15) is 10.4 Å². The summed E-state index contributed by atoms with van der Waals surface area (Å²) in [5, 5.41) is 13.0. The molecule has 0 radical (unpaired) electrons. The van der Waals surface area contributed by atoms with Crippen molar-refractivity contribution in [2.45, 2.75) is 0 Å². The number of halogens is 1. The van der Waals surface area contributed by atoms with E-state index in [0.717, 1.165) is 15.7 Å². The van der Waals surface area contributed by atoms with Crippen LogP contribution in [-0.4, -0.2) is 6.21 Å². The Balaban J connectivity index is 2.08. The Morgan fingerprint density at radius 3 is 2.56 bits per heavy atom. The second-order valence-electron chi connectivity index (χ2n) is 3.58. The van der Waals surface area contributed by atoms with Crippen molar-refractivity contribution >= 4 is 27.8 Å². The minimum Gasteiger partial charge on any atom is -0.279 e. The van der Waals surface area contributed by atoms with Crippen molar-refractivity contribution in [3.63, 3.8) is 0 Å². The summed E-state index contributed by atoms with van der Waals surface area (Å²) in [5.74, 6) is 0. The van der Waals surface area contributed by atoms with Crippen molar-refractivity contribution in [1.29, 1.82) is 5.26 Å². The van der Waals surface area contributed by atoms with Gasteiger partial charge in [-0.15, -0.1) is 0 Å². The maximum atomic E-state index is 8.93. The SMILES string of the molecule is N#Cc1ccccc1/C=N/Nc1ccc(Br)cc1. The topological polar surface area (TPSA) is 48.2 Å². The van der Waals surface area contributed by atoms with Crippen LogP contribution in [0, 0.1) is 11.3 Å². The van der Waals surface area contributed by atoms with Crippen LogP contribution in [0.5, 0.6) is 0 Å². The van der Waals surface area contributed by atoms with Crippen molar-refractivity contribution in [2.75, 3.05) is 5.43 Å². The van der Waals surface area contributed by atoms with E-state index in [1.54, 1.807) is 12.3 Å². The van der Waals surface area contributed by atoms with Crippen LogP contribution in [0.4, 0.5) is 5.69 Å². The smallest absolute Gasteiger partial charge is 0.0998 e. The van der Waals surface area contributed by atoms with E-state index < -0.39 is 0 Å². The molecular weight excluding hydrogens is 290 g/mol. The molecule has 0 aliphatic rings. The number of rotatable bonds is 3. The number of anilines is 1. The molecule has 3 nitrogen and oxygen atoms in total. The zero-order valence-corrected chi connectivity index (χ0v) is 11.1. The molecule has 2 aromatic rings. The summed E-state index contributed by atoms with van der Waals surface area (Å²) < 4.78 is 1.02. The fraction of sp³-hybridized carbons (Fsp3) is 0. The third-order valence-corrected chi connectivity index (χ3v) is 2.85. The lowest BCUT2D eigenvalue weighted by molar-refractivity contribution is 1.34. The average molecular weight is 300 g/mol. The van der Waals surface area contributed by atoms with Crippen LogP contribution in [0.2, 0.25) is 0 Å². The molecule has 0 spiro atoms. The highest BCUT2D eigenvalue weighted by atomic mass is 79.9. The lowest BCUT2D eigenvalue weighted by atomic mass is 10.1. The third-order valence-electron chi connectivity index (χ3n) is 2.32. The largest absolute Gasteiger partial charge is 0.279 e. The predicted octanol–water partition coefficient (Wildman–Crippen LogP) is 3.77. The normalized spacial score (nSPS) is 10.2. The van der Waals surface area contributed by atoms with Crippen molar-refractivity contribution in [1.82, 2.24) is 0 Å². The zero-order valence-electron chi connectivity index (χ0n) is 9.47. The minimum atomic E-state index is 0.610. The van der Waals surface area contributed by atoms with Gasteiger partial charge in [0.2, 0.25) is 0 Å². The summed E-state index contributed by atoms with van der Waals surface area (Å²) in [6.07, 6.45) is 1.64. The molecule has 0 aromatic heterocycles. The van der Waals surface area contributed by atoms with Crippen LogP contribution in [0.3, 0.4) is 0 Å². The molecule has 18 heavy (non-hydrogen) atoms. The molecule has 0 saturated carbocycles. The number of hydrazone groups is 1. The van der Waals surface area contributed by atoms with E-state index in [1.165, 1.54) is 0 Å². The lowest BCUT2D eigenvalue weighted by Gasteiger charge is -2.00. The Morgan fingerprint density at radius 2 is 1.83 bits per heavy atom. The minimum absolute atomic E-state index is 0.610. The van der Waals surface area contributed by atoms with Gasteiger partial charge in [-0.05, 0) is 30.3 Å². The second kappa shape index (κ2) is 5.99. The van der Waals surface area contributed by atoms with Gasteiger partial charge >= 0.3 is 0 Å². The Labute approximate surface area is 114 Å². The monoisotopic (exact) mass is 299 g/mol. The average Bonchev–Trinajstić information content (AvgIpc) is 2.41. The molecule has 0 heterocycles. The fourth-order valence-corrected chi connectivity index (χ4v) is 1.68. The lowest BCUT2D eigenvalue weighted by Crippen LogP contribution is -1.92. The van der Waals surface area contributed by atoms with E-state index >= 15 is 0 Å². The summed E-state index contributed by atoms with van der Waals surface area (Å²) in [6, 6.07) is 17.1. The number of hydrogen-bond donors (Lipinski definition) is 1. The van der Waals surface area contributed by atoms with Crippen molar-refractivity contribution in [3.05, 3.63) is 64.1 Å². The fourth-order valence-electron chi connectivity index (χ4n) is 1.41. The van der Waals surface area contributed by atoms with E-state index in [4.69, 9.17) is 5.26 Å². The van der Waals surface area contributed by atoms with E-state index in [9.17, 15) is 0 Å². The molecule has 0 fully saturated rings. The van der Waals surface area contributed by atoms with Gasteiger partial charge in [0, 0.05) is 10.0 Å². The van der Waals surface area contributed by atoms with Gasteiger partial charge in [0.15, 0.2) is 0 Å². The van der Waals surface area contributed by atoms with Crippen molar-refractivity contribution in [3.8, 4) is 6.07 Å². The molecule has 2 aromatic carbocycles. The summed E-state index contributed by atoms with van der Waals surface area (Å²) in [6.45, 7) is 0. The van der Waals surface area contributed by atoms with Crippen LogP contribution in [0.15, 0.2) is 58.1 Å². The molecule has 4 heteroatoms. The maximum absolute atomic E-state index is 8.93. The van der Waals surface area contributed by atoms with Crippen LogP contribution >= 0.6 is 15.9 Å². The van der Waals surface area contributed by atoms with Crippen molar-refractivity contribution in [2.24, 2.45) is 5.10 Å². The van der Waals surface area contributed by atoms with Gasteiger partial charge in [-0.1, -0.05) is 34.1 Å². The van der Waals surface area contributed by atoms with Gasteiger partial charge in [0.25, 0.3) is 0 Å². The molecule has 1 N–H and O–H groups in total. The molecule has 0 atom stereocenters. The number of nitrogens with zero attached hydrogens (tertiary/aromatic N) is 2. The van der Waals surface area contributed by atoms with Crippen LogP contribution < -0.4 is 5.43 Å². The molecule has 0 amide bonds. The Kier molecular flexibility index (Phi) is 4.11. The Bertz CT molecular complexity index is 597. The van der Waals surface area contributed by atoms with Gasteiger partial charge in [0.05, 0.1) is 23.5 Å². The van der Waals surface area contributed by atoms with Gasteiger partial charge in [0.1, 0.15) is 0 Å². The molecule has 0 saturated heterocycles. The van der Waals surface area contributed by atoms with E-state index in [1.807, 2.05) is 42.5 Å². The summed E-state index contributed by atoms with van der Waals surface area (Å²) in [5.41, 5.74) is 5.21. The number of hydrogen-bond acceptors (Lipinski definition) is 3. The highest BCUT2D eigenvalue weighted by Gasteiger charge is 1.96. The summed E-state index contributed by atoms with van der Waals surface area (Å²) >= 11 is 3.37. The van der Waals surface area contributed by atoms with Gasteiger partial charge < -0.3 is 0 Å². The summed E-state index contributed by atoms with van der Waals surface area (Å²) in [4.78, 5) is 0. The first-order valence-electron chi connectivity index (χ1n) is 5.33. The molecule has 88 valence electrons. The number of benzene rings is 2. The highest BCUT2D eigenvalue weighted by Crippen LogP contribution is 2.14. The first kappa shape index (κ1) is 12.3. The number of nitriles is 1. The van der Waals surface area contributed by atoms with Crippen molar-refractivity contribution < 1.29 is 0 Å². The van der Waals surface area contributed by atoms with Gasteiger partial charge in [-0.25, -0.2) is 0 Å². The molecule has 0 aliphatic heterocycles. The first-order chi connectivity index (χ1) is 8.79. The standard InChI is InChI=1S/C14H10BrN3/c15-13-5-7-14(8-6-13)18-17-10-12-4-2-1-3-11(12)9-16/h1-8,10,18H/b17-10+. The number of nitrogens with one attached hydrogen (secondary N) is 1. The molecule has 0 unspecified atom stereocenters. The zero-order chi connectivity index (χ0) is 12.8. The Morgan fingerprint density at radius 1 is 1.11 bits per heavy atom. The predicted molar refractivity (Wildman–Crippen MR) is 76.5 cm³/mol. The van der Waals surface area contributed by atoms with Crippen LogP contribution in [0.25, 0.3) is 0 Å². The Hall–Kier alpha value is -2.12. The second-order valence-corrected chi connectivity index (χ2v) is 4.49. The molecule has 0 bridgehead atoms.